The Hall–Kier alpha value is -2.44. The Kier molecular flexibility index (Phi) is 4.63. The third-order valence-electron chi connectivity index (χ3n) is 5.14. The van der Waals surface area contributed by atoms with E-state index in [4.69, 9.17) is 0 Å². The second kappa shape index (κ2) is 7.21. The van der Waals surface area contributed by atoms with Crippen LogP contribution in [0.1, 0.15) is 42.6 Å². The molecule has 0 saturated carbocycles. The number of nitrogens with zero attached hydrogens (tertiary/aromatic N) is 6. The third kappa shape index (κ3) is 3.50. The van der Waals surface area contributed by atoms with Crippen molar-refractivity contribution in [3.05, 3.63) is 36.3 Å². The molecule has 2 aliphatic heterocycles. The predicted molar refractivity (Wildman–Crippen MR) is 94.4 cm³/mol. The summed E-state index contributed by atoms with van der Waals surface area (Å²) in [5, 5.41) is 12.8. The van der Waals surface area contributed by atoms with Crippen molar-refractivity contribution in [3.63, 3.8) is 0 Å². The molecule has 2 fully saturated rings. The molecular formula is C18H24N6O. The fraction of sp³-hybridized carbons (Fsp3) is 0.556. The van der Waals surface area contributed by atoms with E-state index in [-0.39, 0.29) is 11.9 Å². The molecule has 7 heteroatoms. The highest BCUT2D eigenvalue weighted by atomic mass is 16.2. The van der Waals surface area contributed by atoms with Gasteiger partial charge in [0.15, 0.2) is 11.5 Å². The lowest BCUT2D eigenvalue weighted by Crippen LogP contribution is -2.46. The number of hydrogen-bond acceptors (Lipinski definition) is 5. The van der Waals surface area contributed by atoms with Gasteiger partial charge in [-0.2, -0.15) is 5.10 Å². The van der Waals surface area contributed by atoms with Crippen molar-refractivity contribution in [1.82, 2.24) is 24.9 Å². The lowest BCUT2D eigenvalue weighted by Gasteiger charge is -2.35. The molecule has 7 nitrogen and oxygen atoms in total. The molecular weight excluding hydrogens is 316 g/mol. The molecule has 25 heavy (non-hydrogen) atoms. The van der Waals surface area contributed by atoms with Crippen LogP contribution in [0.2, 0.25) is 0 Å². The molecule has 0 aliphatic carbocycles. The largest absolute Gasteiger partial charge is 0.355 e. The van der Waals surface area contributed by atoms with Crippen molar-refractivity contribution >= 4 is 11.7 Å². The molecule has 1 unspecified atom stereocenters. The Bertz CT molecular complexity index is 693. The average Bonchev–Trinajstić information content (AvgIpc) is 3.36. The molecule has 2 saturated heterocycles. The number of hydrogen-bond donors (Lipinski definition) is 0. The van der Waals surface area contributed by atoms with Gasteiger partial charge in [-0.05, 0) is 50.3 Å². The van der Waals surface area contributed by atoms with Crippen molar-refractivity contribution in [2.45, 2.75) is 44.7 Å². The van der Waals surface area contributed by atoms with Crippen LogP contribution in [0.15, 0.2) is 30.6 Å². The van der Waals surface area contributed by atoms with Crippen LogP contribution in [0.3, 0.4) is 0 Å². The molecule has 0 N–H and O–H groups in total. The molecule has 1 atom stereocenters. The molecule has 2 aromatic heterocycles. The van der Waals surface area contributed by atoms with E-state index >= 15 is 0 Å². The lowest BCUT2D eigenvalue weighted by molar-refractivity contribution is 0.0576. The zero-order valence-corrected chi connectivity index (χ0v) is 14.4. The minimum Gasteiger partial charge on any atom is -0.355 e. The summed E-state index contributed by atoms with van der Waals surface area (Å²) < 4.78 is 1.90. The summed E-state index contributed by atoms with van der Waals surface area (Å²) in [4.78, 5) is 17.1. The summed E-state index contributed by atoms with van der Waals surface area (Å²) in [5.74, 6) is 0.859. The zero-order chi connectivity index (χ0) is 17.1. The first-order valence-electron chi connectivity index (χ1n) is 9.18. The van der Waals surface area contributed by atoms with Gasteiger partial charge in [0.2, 0.25) is 0 Å². The molecule has 0 spiro atoms. The number of anilines is 1. The number of rotatable bonds is 4. The first-order chi connectivity index (χ1) is 12.3. The zero-order valence-electron chi connectivity index (χ0n) is 14.4. The second-order valence-corrected chi connectivity index (χ2v) is 6.85. The van der Waals surface area contributed by atoms with E-state index in [1.807, 2.05) is 34.0 Å². The first kappa shape index (κ1) is 16.1. The summed E-state index contributed by atoms with van der Waals surface area (Å²) in [6.07, 6.45) is 9.32. The Labute approximate surface area is 147 Å². The Morgan fingerprint density at radius 2 is 1.92 bits per heavy atom. The Morgan fingerprint density at radius 1 is 1.08 bits per heavy atom. The third-order valence-corrected chi connectivity index (χ3v) is 5.14. The van der Waals surface area contributed by atoms with Crippen LogP contribution < -0.4 is 4.90 Å². The standard InChI is InChI=1S/C18H24N6O/c25-18(16-7-8-17(21-20-16)22-10-3-4-11-22)24-13-2-1-6-15(24)14-23-12-5-9-19-23/h5,7-9,12,15H,1-4,6,10-11,13-14H2. The van der Waals surface area contributed by atoms with Gasteiger partial charge in [-0.1, -0.05) is 0 Å². The Balaban J connectivity index is 1.47. The van der Waals surface area contributed by atoms with Crippen molar-refractivity contribution in [3.8, 4) is 0 Å². The van der Waals surface area contributed by atoms with Gasteiger partial charge in [-0.3, -0.25) is 9.48 Å². The van der Waals surface area contributed by atoms with Crippen LogP contribution in [0.25, 0.3) is 0 Å². The highest BCUT2D eigenvalue weighted by Crippen LogP contribution is 2.21. The minimum absolute atomic E-state index is 0.0164. The summed E-state index contributed by atoms with van der Waals surface area (Å²) in [6.45, 7) is 3.57. The quantitative estimate of drug-likeness (QED) is 0.851. The molecule has 2 aromatic rings. The second-order valence-electron chi connectivity index (χ2n) is 6.85. The van der Waals surface area contributed by atoms with Crippen LogP contribution in [-0.2, 0) is 6.54 Å². The molecule has 0 bridgehead atoms. The van der Waals surface area contributed by atoms with Crippen molar-refractivity contribution in [2.75, 3.05) is 24.5 Å². The molecule has 0 aromatic carbocycles. The van der Waals surface area contributed by atoms with Gasteiger partial charge in [-0.15, -0.1) is 10.2 Å². The number of carbonyl (C=O) groups is 1. The molecule has 1 amide bonds. The van der Waals surface area contributed by atoms with E-state index < -0.39 is 0 Å². The van der Waals surface area contributed by atoms with Gasteiger partial charge in [0.25, 0.3) is 5.91 Å². The smallest absolute Gasteiger partial charge is 0.274 e. The highest BCUT2D eigenvalue weighted by Gasteiger charge is 2.29. The van der Waals surface area contributed by atoms with Crippen LogP contribution in [0.4, 0.5) is 5.82 Å². The Morgan fingerprint density at radius 3 is 2.64 bits per heavy atom. The SMILES string of the molecule is O=C(c1ccc(N2CCCC2)nn1)N1CCCCC1Cn1cccn1. The number of carbonyl (C=O) groups excluding carboxylic acids is 1. The summed E-state index contributed by atoms with van der Waals surface area (Å²) >= 11 is 0. The fourth-order valence-electron chi connectivity index (χ4n) is 3.78. The van der Waals surface area contributed by atoms with E-state index in [0.717, 1.165) is 51.3 Å². The summed E-state index contributed by atoms with van der Waals surface area (Å²) in [5.41, 5.74) is 0.440. The maximum atomic E-state index is 13.0. The van der Waals surface area contributed by atoms with Gasteiger partial charge in [0.05, 0.1) is 12.6 Å². The average molecular weight is 340 g/mol. The summed E-state index contributed by atoms with van der Waals surface area (Å²) in [6, 6.07) is 5.83. The van der Waals surface area contributed by atoms with Crippen LogP contribution >= 0.6 is 0 Å². The fourth-order valence-corrected chi connectivity index (χ4v) is 3.78. The number of aromatic nitrogens is 4. The number of piperidine rings is 1. The van der Waals surface area contributed by atoms with Gasteiger partial charge in [0, 0.05) is 32.0 Å². The topological polar surface area (TPSA) is 67.2 Å². The van der Waals surface area contributed by atoms with E-state index in [0.29, 0.717) is 5.69 Å². The van der Waals surface area contributed by atoms with Gasteiger partial charge < -0.3 is 9.80 Å². The van der Waals surface area contributed by atoms with Gasteiger partial charge >= 0.3 is 0 Å². The van der Waals surface area contributed by atoms with Crippen LogP contribution in [0, 0.1) is 0 Å². The van der Waals surface area contributed by atoms with Crippen molar-refractivity contribution < 1.29 is 4.79 Å². The van der Waals surface area contributed by atoms with Gasteiger partial charge in [0.1, 0.15) is 0 Å². The van der Waals surface area contributed by atoms with E-state index in [2.05, 4.69) is 20.2 Å². The van der Waals surface area contributed by atoms with E-state index in [1.165, 1.54) is 12.8 Å². The maximum absolute atomic E-state index is 13.0. The van der Waals surface area contributed by atoms with Crippen LogP contribution in [0.5, 0.6) is 0 Å². The summed E-state index contributed by atoms with van der Waals surface area (Å²) in [7, 11) is 0. The van der Waals surface area contributed by atoms with Gasteiger partial charge in [-0.25, -0.2) is 0 Å². The maximum Gasteiger partial charge on any atom is 0.274 e. The minimum atomic E-state index is -0.0164. The monoisotopic (exact) mass is 340 g/mol. The molecule has 4 heterocycles. The van der Waals surface area contributed by atoms with Crippen molar-refractivity contribution in [1.29, 1.82) is 0 Å². The number of likely N-dealkylation sites (tertiary alicyclic amines) is 1. The first-order valence-corrected chi connectivity index (χ1v) is 9.18. The molecule has 4 rings (SSSR count). The highest BCUT2D eigenvalue weighted by molar-refractivity contribution is 5.92. The molecule has 0 radical (unpaired) electrons. The molecule has 2 aliphatic rings. The van der Waals surface area contributed by atoms with Crippen LogP contribution in [-0.4, -0.2) is 56.5 Å². The van der Waals surface area contributed by atoms with Crippen molar-refractivity contribution in [2.24, 2.45) is 0 Å². The lowest BCUT2D eigenvalue weighted by atomic mass is 10.0. The van der Waals surface area contributed by atoms with E-state index in [9.17, 15) is 4.79 Å². The number of amides is 1. The normalized spacial score (nSPS) is 20.9. The predicted octanol–water partition coefficient (Wildman–Crippen LogP) is 1.97. The molecule has 132 valence electrons. The van der Waals surface area contributed by atoms with E-state index in [1.54, 1.807) is 6.20 Å².